The van der Waals surface area contributed by atoms with Crippen molar-refractivity contribution < 1.29 is 31.0 Å². The minimum atomic E-state index is -3.67. The van der Waals surface area contributed by atoms with Gasteiger partial charge in [0.25, 0.3) is 10.1 Å². The van der Waals surface area contributed by atoms with E-state index in [1.165, 1.54) is 18.2 Å². The maximum Gasteiger partial charge on any atom is 0.315 e. The SMILES string of the molecule is CS(=O)(=O)O.NC(N)=NC(=O)c1ccc(-c2ccc(F)cc2F)o1. The molecule has 24 heavy (non-hydrogen) atoms. The Morgan fingerprint density at radius 2 is 1.79 bits per heavy atom. The van der Waals surface area contributed by atoms with Gasteiger partial charge in [0.2, 0.25) is 0 Å². The van der Waals surface area contributed by atoms with Crippen molar-refractivity contribution in [2.24, 2.45) is 16.5 Å². The van der Waals surface area contributed by atoms with Gasteiger partial charge in [0.15, 0.2) is 11.7 Å². The lowest BCUT2D eigenvalue weighted by Crippen LogP contribution is -2.24. The Morgan fingerprint density at radius 3 is 2.29 bits per heavy atom. The molecule has 0 aliphatic carbocycles. The predicted octanol–water partition coefficient (Wildman–Crippen LogP) is 1.14. The molecule has 1 aromatic carbocycles. The number of nitrogens with two attached hydrogens (primary N) is 2. The second-order valence-corrected chi connectivity index (χ2v) is 5.83. The second-order valence-electron chi connectivity index (χ2n) is 4.36. The first-order chi connectivity index (χ1) is 11.0. The molecular formula is C13H13F2N3O5S. The van der Waals surface area contributed by atoms with Gasteiger partial charge in [-0.15, -0.1) is 0 Å². The number of furan rings is 1. The number of guanidine groups is 1. The number of halogens is 2. The van der Waals surface area contributed by atoms with Crippen molar-refractivity contribution in [3.8, 4) is 11.3 Å². The third kappa shape index (κ3) is 6.54. The van der Waals surface area contributed by atoms with Crippen LogP contribution in [0, 0.1) is 11.6 Å². The monoisotopic (exact) mass is 361 g/mol. The van der Waals surface area contributed by atoms with Crippen molar-refractivity contribution in [2.45, 2.75) is 0 Å². The fourth-order valence-electron chi connectivity index (χ4n) is 1.46. The molecule has 0 saturated heterocycles. The van der Waals surface area contributed by atoms with E-state index >= 15 is 0 Å². The molecule has 0 aliphatic heterocycles. The molecule has 8 nitrogen and oxygen atoms in total. The van der Waals surface area contributed by atoms with Crippen molar-refractivity contribution in [2.75, 3.05) is 6.26 Å². The summed E-state index contributed by atoms with van der Waals surface area (Å²) >= 11 is 0. The van der Waals surface area contributed by atoms with Gasteiger partial charge < -0.3 is 15.9 Å². The van der Waals surface area contributed by atoms with Gasteiger partial charge >= 0.3 is 5.91 Å². The predicted molar refractivity (Wildman–Crippen MR) is 81.7 cm³/mol. The molecule has 0 spiro atoms. The van der Waals surface area contributed by atoms with E-state index in [-0.39, 0.29) is 17.1 Å². The third-order valence-electron chi connectivity index (χ3n) is 2.24. The Kier molecular flexibility index (Phi) is 6.14. The van der Waals surface area contributed by atoms with Crippen molar-refractivity contribution in [3.63, 3.8) is 0 Å². The molecule has 0 atom stereocenters. The molecular weight excluding hydrogens is 348 g/mol. The molecule has 5 N–H and O–H groups in total. The van der Waals surface area contributed by atoms with E-state index < -0.39 is 33.6 Å². The van der Waals surface area contributed by atoms with Crippen LogP contribution in [0.4, 0.5) is 8.78 Å². The number of nitrogens with zero attached hydrogens (tertiary/aromatic N) is 1. The largest absolute Gasteiger partial charge is 0.451 e. The molecule has 1 heterocycles. The Balaban J connectivity index is 0.000000505. The van der Waals surface area contributed by atoms with Crippen LogP contribution in [0.25, 0.3) is 11.3 Å². The maximum absolute atomic E-state index is 13.5. The Bertz CT molecular complexity index is 865. The van der Waals surface area contributed by atoms with Gasteiger partial charge in [0.1, 0.15) is 17.4 Å². The summed E-state index contributed by atoms with van der Waals surface area (Å²) in [5.41, 5.74) is 10.1. The molecule has 0 unspecified atom stereocenters. The fraction of sp³-hybridized carbons (Fsp3) is 0.0769. The average Bonchev–Trinajstić information content (AvgIpc) is 2.85. The first kappa shape index (κ1) is 19.3. The minimum Gasteiger partial charge on any atom is -0.451 e. The zero-order valence-corrected chi connectivity index (χ0v) is 13.0. The van der Waals surface area contributed by atoms with Crippen LogP contribution in [0.15, 0.2) is 39.7 Å². The molecule has 1 amide bonds. The van der Waals surface area contributed by atoms with Gasteiger partial charge in [-0.25, -0.2) is 8.78 Å². The highest BCUT2D eigenvalue weighted by Crippen LogP contribution is 2.25. The van der Waals surface area contributed by atoms with Crippen LogP contribution in [0.2, 0.25) is 0 Å². The summed E-state index contributed by atoms with van der Waals surface area (Å²) in [6.45, 7) is 0. The zero-order valence-electron chi connectivity index (χ0n) is 12.2. The molecule has 130 valence electrons. The molecule has 1 aromatic heterocycles. The average molecular weight is 361 g/mol. The number of benzene rings is 1. The van der Waals surface area contributed by atoms with E-state index in [0.29, 0.717) is 6.26 Å². The van der Waals surface area contributed by atoms with Crippen LogP contribution in [-0.2, 0) is 10.1 Å². The van der Waals surface area contributed by atoms with E-state index in [1.807, 2.05) is 0 Å². The van der Waals surface area contributed by atoms with Gasteiger partial charge in [-0.1, -0.05) is 0 Å². The maximum atomic E-state index is 13.5. The normalized spacial score (nSPS) is 10.5. The second kappa shape index (κ2) is 7.66. The molecule has 0 bridgehead atoms. The number of carbonyl (C=O) groups excluding carboxylic acids is 1. The Labute approximate surface area is 135 Å². The molecule has 0 fully saturated rings. The first-order valence-electron chi connectivity index (χ1n) is 6.09. The summed E-state index contributed by atoms with van der Waals surface area (Å²) in [6.07, 6.45) is 0.715. The molecule has 0 saturated carbocycles. The molecule has 2 rings (SSSR count). The molecule has 0 radical (unpaired) electrons. The minimum absolute atomic E-state index is 0.0325. The van der Waals surface area contributed by atoms with Crippen LogP contribution < -0.4 is 11.5 Å². The van der Waals surface area contributed by atoms with Gasteiger partial charge in [-0.3, -0.25) is 9.35 Å². The fourth-order valence-corrected chi connectivity index (χ4v) is 1.46. The summed E-state index contributed by atoms with van der Waals surface area (Å²) in [7, 11) is -3.67. The first-order valence-corrected chi connectivity index (χ1v) is 7.94. The van der Waals surface area contributed by atoms with Crippen molar-refractivity contribution in [3.05, 3.63) is 47.7 Å². The summed E-state index contributed by atoms with van der Waals surface area (Å²) in [6, 6.07) is 5.67. The van der Waals surface area contributed by atoms with E-state index in [0.717, 1.165) is 12.1 Å². The van der Waals surface area contributed by atoms with Crippen LogP contribution in [0.1, 0.15) is 10.6 Å². The molecule has 2 aromatic rings. The molecule has 0 aliphatic rings. The van der Waals surface area contributed by atoms with E-state index in [2.05, 4.69) is 4.99 Å². The van der Waals surface area contributed by atoms with Crippen LogP contribution >= 0.6 is 0 Å². The van der Waals surface area contributed by atoms with Crippen LogP contribution in [0.3, 0.4) is 0 Å². The number of aliphatic imine (C=N–C) groups is 1. The third-order valence-corrected chi connectivity index (χ3v) is 2.24. The highest BCUT2D eigenvalue weighted by Gasteiger charge is 2.14. The number of rotatable bonds is 2. The smallest absolute Gasteiger partial charge is 0.315 e. The summed E-state index contributed by atoms with van der Waals surface area (Å²) < 4.78 is 57.3. The van der Waals surface area contributed by atoms with Crippen LogP contribution in [-0.4, -0.2) is 31.1 Å². The summed E-state index contributed by atoms with van der Waals surface area (Å²) in [5, 5.41) is 0. The summed E-state index contributed by atoms with van der Waals surface area (Å²) in [4.78, 5) is 14.7. The van der Waals surface area contributed by atoms with Crippen LogP contribution in [0.5, 0.6) is 0 Å². The quantitative estimate of drug-likeness (QED) is 0.412. The lowest BCUT2D eigenvalue weighted by molar-refractivity contribution is 0.0977. The standard InChI is InChI=1S/C12H9F2N3O2.CH4O3S/c13-6-1-2-7(8(14)5-6)9-3-4-10(19-9)11(18)17-12(15)16;1-5(2,3)4/h1-5H,(H4,15,16,17,18);1H3,(H,2,3,4). The highest BCUT2D eigenvalue weighted by atomic mass is 32.2. The number of carbonyl (C=O) groups is 1. The zero-order chi connectivity index (χ0) is 18.5. The van der Waals surface area contributed by atoms with E-state index in [1.54, 1.807) is 0 Å². The van der Waals surface area contributed by atoms with Gasteiger partial charge in [-0.05, 0) is 24.3 Å². The van der Waals surface area contributed by atoms with Gasteiger partial charge in [0, 0.05) is 6.07 Å². The van der Waals surface area contributed by atoms with Gasteiger partial charge in [0.05, 0.1) is 11.8 Å². The van der Waals surface area contributed by atoms with Crippen molar-refractivity contribution >= 4 is 22.0 Å². The topological polar surface area (TPSA) is 149 Å². The summed E-state index contributed by atoms with van der Waals surface area (Å²) in [5.74, 6) is -2.76. The molecule has 11 heteroatoms. The lowest BCUT2D eigenvalue weighted by Gasteiger charge is -1.99. The van der Waals surface area contributed by atoms with Crippen molar-refractivity contribution in [1.29, 1.82) is 0 Å². The highest BCUT2D eigenvalue weighted by molar-refractivity contribution is 7.85. The van der Waals surface area contributed by atoms with Gasteiger partial charge in [-0.2, -0.15) is 13.4 Å². The van der Waals surface area contributed by atoms with Crippen molar-refractivity contribution in [1.82, 2.24) is 0 Å². The van der Waals surface area contributed by atoms with E-state index in [4.69, 9.17) is 20.4 Å². The number of hydrogen-bond donors (Lipinski definition) is 3. The number of amides is 1. The van der Waals surface area contributed by atoms with E-state index in [9.17, 15) is 22.0 Å². The number of hydrogen-bond acceptors (Lipinski definition) is 4. The Hall–Kier alpha value is -2.79. The lowest BCUT2D eigenvalue weighted by atomic mass is 10.1. The Morgan fingerprint density at radius 1 is 1.21 bits per heavy atom.